The second kappa shape index (κ2) is 5.14. The second-order valence-electron chi connectivity index (χ2n) is 4.22. The Kier molecular flexibility index (Phi) is 4.12. The van der Waals surface area contributed by atoms with Crippen LogP contribution in [0.4, 0.5) is 0 Å². The summed E-state index contributed by atoms with van der Waals surface area (Å²) in [4.78, 5) is 22.5. The Morgan fingerprint density at radius 2 is 2.00 bits per heavy atom. The number of carbonyl (C=O) groups is 2. The molecule has 0 aromatic rings. The SMILES string of the molecule is CCOC(=O)C1CC(C)CCC1C(=O)O. The van der Waals surface area contributed by atoms with E-state index in [-0.39, 0.29) is 5.97 Å². The molecule has 0 amide bonds. The third kappa shape index (κ3) is 2.94. The van der Waals surface area contributed by atoms with E-state index in [1.165, 1.54) is 0 Å². The molecule has 1 N–H and O–H groups in total. The summed E-state index contributed by atoms with van der Waals surface area (Å²) < 4.78 is 4.91. The summed E-state index contributed by atoms with van der Waals surface area (Å²) in [7, 11) is 0. The zero-order valence-corrected chi connectivity index (χ0v) is 9.23. The summed E-state index contributed by atoms with van der Waals surface area (Å²) in [5.41, 5.74) is 0. The quantitative estimate of drug-likeness (QED) is 0.726. The van der Waals surface area contributed by atoms with Gasteiger partial charge in [0.2, 0.25) is 0 Å². The van der Waals surface area contributed by atoms with Crippen LogP contribution in [0.2, 0.25) is 0 Å². The number of carbonyl (C=O) groups excluding carboxylic acids is 1. The molecule has 86 valence electrons. The summed E-state index contributed by atoms with van der Waals surface area (Å²) >= 11 is 0. The molecule has 1 aliphatic carbocycles. The number of aliphatic carboxylic acids is 1. The lowest BCUT2D eigenvalue weighted by molar-refractivity contribution is -0.160. The van der Waals surface area contributed by atoms with Gasteiger partial charge in [0.15, 0.2) is 0 Å². The van der Waals surface area contributed by atoms with E-state index in [2.05, 4.69) is 0 Å². The Morgan fingerprint density at radius 1 is 1.33 bits per heavy atom. The molecule has 15 heavy (non-hydrogen) atoms. The van der Waals surface area contributed by atoms with Gasteiger partial charge in [-0.15, -0.1) is 0 Å². The first-order chi connectivity index (χ1) is 7.06. The van der Waals surface area contributed by atoms with Crippen LogP contribution < -0.4 is 0 Å². The van der Waals surface area contributed by atoms with Crippen LogP contribution >= 0.6 is 0 Å². The molecule has 0 heterocycles. The lowest BCUT2D eigenvalue weighted by Crippen LogP contribution is -2.36. The van der Waals surface area contributed by atoms with Gasteiger partial charge in [-0.25, -0.2) is 0 Å². The molecule has 1 fully saturated rings. The zero-order valence-electron chi connectivity index (χ0n) is 9.23. The molecule has 0 aliphatic heterocycles. The largest absolute Gasteiger partial charge is 0.481 e. The Balaban J connectivity index is 2.69. The predicted molar refractivity (Wildman–Crippen MR) is 54.3 cm³/mol. The Hall–Kier alpha value is -1.06. The van der Waals surface area contributed by atoms with Crippen LogP contribution in [0, 0.1) is 17.8 Å². The van der Waals surface area contributed by atoms with E-state index in [0.717, 1.165) is 6.42 Å². The highest BCUT2D eigenvalue weighted by molar-refractivity contribution is 5.81. The van der Waals surface area contributed by atoms with Crippen LogP contribution in [-0.4, -0.2) is 23.7 Å². The number of hydrogen-bond donors (Lipinski definition) is 1. The Morgan fingerprint density at radius 3 is 2.53 bits per heavy atom. The fraction of sp³-hybridized carbons (Fsp3) is 0.818. The van der Waals surface area contributed by atoms with E-state index in [1.807, 2.05) is 6.92 Å². The van der Waals surface area contributed by atoms with Crippen molar-refractivity contribution in [3.05, 3.63) is 0 Å². The van der Waals surface area contributed by atoms with Crippen LogP contribution in [-0.2, 0) is 14.3 Å². The number of carboxylic acids is 1. The molecule has 0 bridgehead atoms. The van der Waals surface area contributed by atoms with Gasteiger partial charge in [-0.3, -0.25) is 9.59 Å². The van der Waals surface area contributed by atoms with E-state index < -0.39 is 17.8 Å². The van der Waals surface area contributed by atoms with Gasteiger partial charge in [0.1, 0.15) is 0 Å². The summed E-state index contributed by atoms with van der Waals surface area (Å²) in [5.74, 6) is -1.82. The predicted octanol–water partition coefficient (Wildman–Crippen LogP) is 1.69. The normalized spacial score (nSPS) is 30.9. The van der Waals surface area contributed by atoms with E-state index in [4.69, 9.17) is 9.84 Å². The summed E-state index contributed by atoms with van der Waals surface area (Å²) in [6.07, 6.45) is 2.10. The van der Waals surface area contributed by atoms with Crippen LogP contribution in [0.3, 0.4) is 0 Å². The molecule has 0 spiro atoms. The molecule has 3 unspecified atom stereocenters. The topological polar surface area (TPSA) is 63.6 Å². The smallest absolute Gasteiger partial charge is 0.309 e. The minimum atomic E-state index is -0.875. The van der Waals surface area contributed by atoms with Crippen molar-refractivity contribution in [2.24, 2.45) is 17.8 Å². The molecule has 0 aromatic carbocycles. The van der Waals surface area contributed by atoms with Gasteiger partial charge in [-0.2, -0.15) is 0 Å². The van der Waals surface area contributed by atoms with Gasteiger partial charge >= 0.3 is 11.9 Å². The van der Waals surface area contributed by atoms with E-state index in [0.29, 0.717) is 25.4 Å². The molecule has 0 radical (unpaired) electrons. The van der Waals surface area contributed by atoms with Crippen molar-refractivity contribution in [3.8, 4) is 0 Å². The van der Waals surface area contributed by atoms with Crippen LogP contribution in [0.1, 0.15) is 33.1 Å². The number of carboxylic acid groups (broad SMARTS) is 1. The molecule has 1 rings (SSSR count). The van der Waals surface area contributed by atoms with Crippen LogP contribution in [0.15, 0.2) is 0 Å². The van der Waals surface area contributed by atoms with E-state index in [9.17, 15) is 9.59 Å². The number of hydrogen-bond acceptors (Lipinski definition) is 3. The van der Waals surface area contributed by atoms with Gasteiger partial charge in [0.05, 0.1) is 18.4 Å². The maximum absolute atomic E-state index is 11.6. The van der Waals surface area contributed by atoms with Crippen molar-refractivity contribution in [1.29, 1.82) is 0 Å². The van der Waals surface area contributed by atoms with Gasteiger partial charge in [0, 0.05) is 0 Å². The van der Waals surface area contributed by atoms with Crippen molar-refractivity contribution in [1.82, 2.24) is 0 Å². The van der Waals surface area contributed by atoms with Gasteiger partial charge in [0.25, 0.3) is 0 Å². The van der Waals surface area contributed by atoms with Crippen molar-refractivity contribution < 1.29 is 19.4 Å². The molecule has 4 nitrogen and oxygen atoms in total. The summed E-state index contributed by atoms with van der Waals surface area (Å²) in [6.45, 7) is 4.10. The number of esters is 1. The lowest BCUT2D eigenvalue weighted by atomic mass is 9.74. The number of rotatable bonds is 3. The van der Waals surface area contributed by atoms with Crippen molar-refractivity contribution >= 4 is 11.9 Å². The molecule has 1 aliphatic rings. The minimum absolute atomic E-state index is 0.316. The number of ether oxygens (including phenoxy) is 1. The zero-order chi connectivity index (χ0) is 11.4. The summed E-state index contributed by atoms with van der Waals surface area (Å²) in [5, 5.41) is 9.00. The standard InChI is InChI=1S/C11H18O4/c1-3-15-11(14)9-6-7(2)4-5-8(9)10(12)13/h7-9H,3-6H2,1-2H3,(H,12,13). The molecule has 1 saturated carbocycles. The highest BCUT2D eigenvalue weighted by Crippen LogP contribution is 2.34. The maximum atomic E-state index is 11.6. The maximum Gasteiger partial charge on any atom is 0.309 e. The third-order valence-electron chi connectivity index (χ3n) is 3.02. The van der Waals surface area contributed by atoms with Crippen LogP contribution in [0.5, 0.6) is 0 Å². The highest BCUT2D eigenvalue weighted by atomic mass is 16.5. The molecule has 0 aromatic heterocycles. The molecule has 4 heteroatoms. The van der Waals surface area contributed by atoms with Crippen molar-refractivity contribution in [3.63, 3.8) is 0 Å². The van der Waals surface area contributed by atoms with E-state index >= 15 is 0 Å². The molecule has 3 atom stereocenters. The van der Waals surface area contributed by atoms with Crippen LogP contribution in [0.25, 0.3) is 0 Å². The molecular weight excluding hydrogens is 196 g/mol. The Bertz CT molecular complexity index is 249. The fourth-order valence-electron chi connectivity index (χ4n) is 2.19. The van der Waals surface area contributed by atoms with Crippen molar-refractivity contribution in [2.75, 3.05) is 6.61 Å². The van der Waals surface area contributed by atoms with Gasteiger partial charge in [-0.1, -0.05) is 6.92 Å². The minimum Gasteiger partial charge on any atom is -0.481 e. The fourth-order valence-corrected chi connectivity index (χ4v) is 2.19. The third-order valence-corrected chi connectivity index (χ3v) is 3.02. The first-order valence-electron chi connectivity index (χ1n) is 5.45. The highest BCUT2D eigenvalue weighted by Gasteiger charge is 2.38. The van der Waals surface area contributed by atoms with E-state index in [1.54, 1.807) is 6.92 Å². The Labute approximate surface area is 89.6 Å². The molecule has 0 saturated heterocycles. The van der Waals surface area contributed by atoms with Gasteiger partial charge in [-0.05, 0) is 32.1 Å². The lowest BCUT2D eigenvalue weighted by Gasteiger charge is -2.30. The van der Waals surface area contributed by atoms with Crippen molar-refractivity contribution in [2.45, 2.75) is 33.1 Å². The van der Waals surface area contributed by atoms with Gasteiger partial charge < -0.3 is 9.84 Å². The second-order valence-corrected chi connectivity index (χ2v) is 4.22. The first-order valence-corrected chi connectivity index (χ1v) is 5.45. The monoisotopic (exact) mass is 214 g/mol. The molecular formula is C11H18O4. The average molecular weight is 214 g/mol. The summed E-state index contributed by atoms with van der Waals surface area (Å²) in [6, 6.07) is 0. The average Bonchev–Trinajstić information content (AvgIpc) is 2.17. The first kappa shape index (κ1) is 12.0.